The Morgan fingerprint density at radius 1 is 1.25 bits per heavy atom. The van der Waals surface area contributed by atoms with Crippen LogP contribution < -0.4 is 0 Å². The van der Waals surface area contributed by atoms with Gasteiger partial charge in [0.1, 0.15) is 10.4 Å². The molecule has 0 saturated heterocycles. The van der Waals surface area contributed by atoms with Crippen molar-refractivity contribution < 1.29 is 9.90 Å². The summed E-state index contributed by atoms with van der Waals surface area (Å²) in [6.07, 6.45) is 0. The van der Waals surface area contributed by atoms with Crippen molar-refractivity contribution in [2.24, 2.45) is 0 Å². The Morgan fingerprint density at radius 3 is 2.06 bits per heavy atom. The molecule has 0 saturated carbocycles. The summed E-state index contributed by atoms with van der Waals surface area (Å²) >= 11 is 1.48. The molecule has 90 valence electrons. The van der Waals surface area contributed by atoms with Crippen LogP contribution in [0.3, 0.4) is 0 Å². The minimum Gasteiger partial charge on any atom is -0.481 e. The van der Waals surface area contributed by atoms with Gasteiger partial charge in [0, 0.05) is 10.3 Å². The predicted molar refractivity (Wildman–Crippen MR) is 66.2 cm³/mol. The average Bonchev–Trinajstić information content (AvgIpc) is 2.46. The maximum atomic E-state index is 11.2. The van der Waals surface area contributed by atoms with Crippen molar-refractivity contribution in [1.82, 2.24) is 4.98 Å². The molecule has 0 aliphatic carbocycles. The second-order valence-corrected chi connectivity index (χ2v) is 6.81. The van der Waals surface area contributed by atoms with E-state index in [0.717, 1.165) is 10.6 Å². The highest BCUT2D eigenvalue weighted by atomic mass is 32.1. The van der Waals surface area contributed by atoms with E-state index in [1.165, 1.54) is 11.3 Å². The molecule has 0 radical (unpaired) electrons. The lowest BCUT2D eigenvalue weighted by atomic mass is 9.90. The Bertz CT molecular complexity index is 413. The molecule has 16 heavy (non-hydrogen) atoms. The number of aliphatic carboxylic acids is 1. The fraction of sp³-hybridized carbons (Fsp3) is 0.667. The van der Waals surface area contributed by atoms with Crippen LogP contribution in [-0.4, -0.2) is 16.1 Å². The number of aryl methyl sites for hydroxylation is 1. The van der Waals surface area contributed by atoms with Crippen molar-refractivity contribution in [2.45, 2.75) is 52.4 Å². The van der Waals surface area contributed by atoms with Crippen LogP contribution in [0.15, 0.2) is 0 Å². The minimum absolute atomic E-state index is 0.0343. The number of carboxylic acid groups (broad SMARTS) is 1. The maximum Gasteiger partial charge on any atom is 0.316 e. The number of aromatic nitrogens is 1. The lowest BCUT2D eigenvalue weighted by Gasteiger charge is -2.18. The molecular weight excluding hydrogens is 222 g/mol. The third kappa shape index (κ3) is 2.26. The van der Waals surface area contributed by atoms with Gasteiger partial charge in [0.2, 0.25) is 0 Å². The highest BCUT2D eigenvalue weighted by Gasteiger charge is 2.35. The van der Waals surface area contributed by atoms with Gasteiger partial charge in [0.25, 0.3) is 0 Å². The van der Waals surface area contributed by atoms with Gasteiger partial charge >= 0.3 is 5.97 Å². The monoisotopic (exact) mass is 241 g/mol. The fourth-order valence-electron chi connectivity index (χ4n) is 1.45. The van der Waals surface area contributed by atoms with Gasteiger partial charge in [0.05, 0.1) is 5.69 Å². The lowest BCUT2D eigenvalue weighted by molar-refractivity contribution is -0.142. The van der Waals surface area contributed by atoms with Crippen LogP contribution in [0.4, 0.5) is 0 Å². The molecule has 0 aliphatic rings. The zero-order valence-corrected chi connectivity index (χ0v) is 11.5. The van der Waals surface area contributed by atoms with Gasteiger partial charge in [-0.05, 0) is 20.8 Å². The number of thiazole rings is 1. The molecule has 0 bridgehead atoms. The van der Waals surface area contributed by atoms with E-state index in [9.17, 15) is 4.79 Å². The summed E-state index contributed by atoms with van der Waals surface area (Å²) < 4.78 is 0. The Morgan fingerprint density at radius 2 is 1.75 bits per heavy atom. The molecule has 0 spiro atoms. The zero-order valence-electron chi connectivity index (χ0n) is 10.7. The predicted octanol–water partition coefficient (Wildman–Crippen LogP) is 3.11. The molecule has 1 aromatic heterocycles. The Hall–Kier alpha value is -0.900. The van der Waals surface area contributed by atoms with Crippen LogP contribution in [0.25, 0.3) is 0 Å². The highest BCUT2D eigenvalue weighted by Crippen LogP contribution is 2.34. The summed E-state index contributed by atoms with van der Waals surface area (Å²) in [5.41, 5.74) is 0.0635. The van der Waals surface area contributed by atoms with Crippen LogP contribution >= 0.6 is 11.3 Å². The summed E-state index contributed by atoms with van der Waals surface area (Å²) in [5, 5.41) is 9.85. The molecule has 1 heterocycles. The van der Waals surface area contributed by atoms with E-state index in [0.29, 0.717) is 5.01 Å². The molecular formula is C12H19NO2S. The SMILES string of the molecule is Cc1sc(C(C)(C)C(=O)O)nc1C(C)(C)C. The molecule has 0 aromatic carbocycles. The standard InChI is InChI=1S/C12H19NO2S/c1-7-8(11(2,3)4)13-9(16-7)12(5,6)10(14)15/h1-6H3,(H,14,15). The number of carbonyl (C=O) groups is 1. The van der Waals surface area contributed by atoms with Crippen molar-refractivity contribution >= 4 is 17.3 Å². The van der Waals surface area contributed by atoms with E-state index in [2.05, 4.69) is 25.8 Å². The fourth-order valence-corrected chi connectivity index (χ4v) is 2.67. The second kappa shape index (κ2) is 3.84. The molecule has 1 N–H and O–H groups in total. The molecule has 0 atom stereocenters. The second-order valence-electron chi connectivity index (χ2n) is 5.60. The van der Waals surface area contributed by atoms with Crippen LogP contribution in [0.2, 0.25) is 0 Å². The summed E-state index contributed by atoms with van der Waals surface area (Å²) in [6.45, 7) is 11.7. The smallest absolute Gasteiger partial charge is 0.316 e. The molecule has 0 amide bonds. The number of hydrogen-bond acceptors (Lipinski definition) is 3. The summed E-state index contributed by atoms with van der Waals surface area (Å²) in [4.78, 5) is 16.8. The molecule has 3 nitrogen and oxygen atoms in total. The van der Waals surface area contributed by atoms with Gasteiger partial charge in [0.15, 0.2) is 0 Å². The van der Waals surface area contributed by atoms with Gasteiger partial charge in [-0.15, -0.1) is 11.3 Å². The van der Waals surface area contributed by atoms with E-state index >= 15 is 0 Å². The van der Waals surface area contributed by atoms with Crippen molar-refractivity contribution in [3.8, 4) is 0 Å². The number of carboxylic acids is 1. The molecule has 0 fully saturated rings. The van der Waals surface area contributed by atoms with Crippen LogP contribution in [0, 0.1) is 6.92 Å². The first-order valence-corrected chi connectivity index (χ1v) is 6.10. The van der Waals surface area contributed by atoms with E-state index < -0.39 is 11.4 Å². The van der Waals surface area contributed by atoms with Gasteiger partial charge in [-0.1, -0.05) is 20.8 Å². The average molecular weight is 241 g/mol. The first-order chi connectivity index (χ1) is 7.06. The van der Waals surface area contributed by atoms with Gasteiger partial charge in [-0.3, -0.25) is 4.79 Å². The summed E-state index contributed by atoms with van der Waals surface area (Å²) in [7, 11) is 0. The zero-order chi connectivity index (χ0) is 12.7. The normalized spacial score (nSPS) is 12.9. The van der Waals surface area contributed by atoms with Crippen LogP contribution in [0.5, 0.6) is 0 Å². The van der Waals surface area contributed by atoms with E-state index in [1.54, 1.807) is 13.8 Å². The lowest BCUT2D eigenvalue weighted by Crippen LogP contribution is -2.28. The van der Waals surface area contributed by atoms with Crippen molar-refractivity contribution in [2.75, 3.05) is 0 Å². The minimum atomic E-state index is -0.904. The molecule has 0 unspecified atom stereocenters. The van der Waals surface area contributed by atoms with Gasteiger partial charge in [-0.25, -0.2) is 4.98 Å². The quantitative estimate of drug-likeness (QED) is 0.865. The number of hydrogen-bond donors (Lipinski definition) is 1. The van der Waals surface area contributed by atoms with E-state index in [4.69, 9.17) is 5.11 Å². The van der Waals surface area contributed by atoms with Crippen LogP contribution in [-0.2, 0) is 15.6 Å². The number of nitrogens with zero attached hydrogens (tertiary/aromatic N) is 1. The molecule has 4 heteroatoms. The Kier molecular flexibility index (Phi) is 3.16. The van der Waals surface area contributed by atoms with E-state index in [-0.39, 0.29) is 5.41 Å². The van der Waals surface area contributed by atoms with Crippen molar-refractivity contribution in [1.29, 1.82) is 0 Å². The topological polar surface area (TPSA) is 50.2 Å². The van der Waals surface area contributed by atoms with E-state index in [1.807, 2.05) is 6.92 Å². The summed E-state index contributed by atoms with van der Waals surface area (Å²) in [6, 6.07) is 0. The van der Waals surface area contributed by atoms with Crippen molar-refractivity contribution in [3.05, 3.63) is 15.6 Å². The largest absolute Gasteiger partial charge is 0.481 e. The van der Waals surface area contributed by atoms with Crippen LogP contribution in [0.1, 0.15) is 50.2 Å². The Labute approximate surface area is 101 Å². The van der Waals surface area contributed by atoms with Crippen molar-refractivity contribution in [3.63, 3.8) is 0 Å². The molecule has 1 rings (SSSR count). The molecule has 0 aliphatic heterocycles. The first-order valence-electron chi connectivity index (χ1n) is 5.28. The Balaban J connectivity index is 3.26. The summed E-state index contributed by atoms with van der Waals surface area (Å²) in [5.74, 6) is -0.832. The third-order valence-electron chi connectivity index (χ3n) is 2.58. The first kappa shape index (κ1) is 13.2. The van der Waals surface area contributed by atoms with Gasteiger partial charge in [-0.2, -0.15) is 0 Å². The number of rotatable bonds is 2. The van der Waals surface area contributed by atoms with Gasteiger partial charge < -0.3 is 5.11 Å². The molecule has 1 aromatic rings. The maximum absolute atomic E-state index is 11.2. The highest BCUT2D eigenvalue weighted by molar-refractivity contribution is 7.12. The third-order valence-corrected chi connectivity index (χ3v) is 3.87.